The molecular weight excluding hydrogens is 206 g/mol. The first kappa shape index (κ1) is 12.6. The first-order valence-electron chi connectivity index (χ1n) is 5.31. The first-order chi connectivity index (χ1) is 7.24. The maximum absolute atomic E-state index is 9.65. The SMILES string of the molecule is CCNCC(O)CSc1ccccc1C. The molecule has 0 amide bonds. The minimum Gasteiger partial charge on any atom is -0.391 e. The van der Waals surface area contributed by atoms with Crippen LogP contribution in [0.3, 0.4) is 0 Å². The van der Waals surface area contributed by atoms with Gasteiger partial charge < -0.3 is 10.4 Å². The standard InChI is InChI=1S/C12H19NOS/c1-3-13-8-11(14)9-15-12-7-5-4-6-10(12)2/h4-7,11,13-14H,3,8-9H2,1-2H3. The highest BCUT2D eigenvalue weighted by Gasteiger charge is 2.05. The van der Waals surface area contributed by atoms with Crippen LogP contribution >= 0.6 is 11.8 Å². The lowest BCUT2D eigenvalue weighted by Crippen LogP contribution is -2.28. The summed E-state index contributed by atoms with van der Waals surface area (Å²) >= 11 is 1.72. The Bertz CT molecular complexity index is 291. The van der Waals surface area contributed by atoms with Crippen molar-refractivity contribution in [3.8, 4) is 0 Å². The summed E-state index contributed by atoms with van der Waals surface area (Å²) in [5.41, 5.74) is 1.28. The van der Waals surface area contributed by atoms with Gasteiger partial charge >= 0.3 is 0 Å². The summed E-state index contributed by atoms with van der Waals surface area (Å²) in [6.07, 6.45) is -0.269. The lowest BCUT2D eigenvalue weighted by molar-refractivity contribution is 0.197. The second-order valence-electron chi connectivity index (χ2n) is 3.54. The van der Waals surface area contributed by atoms with Crippen molar-refractivity contribution in [2.24, 2.45) is 0 Å². The molecule has 1 unspecified atom stereocenters. The van der Waals surface area contributed by atoms with E-state index in [-0.39, 0.29) is 6.10 Å². The number of hydrogen-bond acceptors (Lipinski definition) is 3. The minimum atomic E-state index is -0.269. The van der Waals surface area contributed by atoms with E-state index in [4.69, 9.17) is 0 Å². The fraction of sp³-hybridized carbons (Fsp3) is 0.500. The summed E-state index contributed by atoms with van der Waals surface area (Å²) < 4.78 is 0. The van der Waals surface area contributed by atoms with E-state index in [9.17, 15) is 5.11 Å². The Hall–Kier alpha value is -0.510. The molecule has 84 valence electrons. The van der Waals surface area contributed by atoms with Gasteiger partial charge in [0.15, 0.2) is 0 Å². The van der Waals surface area contributed by atoms with Gasteiger partial charge in [-0.3, -0.25) is 0 Å². The molecule has 1 rings (SSSR count). The number of benzene rings is 1. The van der Waals surface area contributed by atoms with Crippen LogP contribution in [-0.4, -0.2) is 30.1 Å². The van der Waals surface area contributed by atoms with E-state index in [1.165, 1.54) is 10.5 Å². The van der Waals surface area contributed by atoms with Gasteiger partial charge in [0.2, 0.25) is 0 Å². The Morgan fingerprint density at radius 1 is 1.40 bits per heavy atom. The number of aliphatic hydroxyl groups excluding tert-OH is 1. The van der Waals surface area contributed by atoms with Gasteiger partial charge in [-0.15, -0.1) is 11.8 Å². The van der Waals surface area contributed by atoms with Crippen molar-refractivity contribution in [1.82, 2.24) is 5.32 Å². The molecule has 0 radical (unpaired) electrons. The van der Waals surface area contributed by atoms with E-state index < -0.39 is 0 Å². The van der Waals surface area contributed by atoms with Crippen LogP contribution in [0.5, 0.6) is 0 Å². The van der Waals surface area contributed by atoms with Crippen LogP contribution in [0, 0.1) is 6.92 Å². The Kier molecular flexibility index (Phi) is 5.76. The second kappa shape index (κ2) is 6.88. The van der Waals surface area contributed by atoms with Gasteiger partial charge in [-0.05, 0) is 25.1 Å². The largest absolute Gasteiger partial charge is 0.391 e. The molecule has 2 N–H and O–H groups in total. The fourth-order valence-electron chi connectivity index (χ4n) is 1.27. The van der Waals surface area contributed by atoms with E-state index >= 15 is 0 Å². The van der Waals surface area contributed by atoms with Crippen LogP contribution in [0.4, 0.5) is 0 Å². The average Bonchev–Trinajstić information content (AvgIpc) is 2.25. The van der Waals surface area contributed by atoms with Crippen LogP contribution in [0.1, 0.15) is 12.5 Å². The van der Waals surface area contributed by atoms with Crippen LogP contribution in [0.15, 0.2) is 29.2 Å². The number of likely N-dealkylation sites (N-methyl/N-ethyl adjacent to an activating group) is 1. The molecule has 1 atom stereocenters. The van der Waals surface area contributed by atoms with E-state index in [2.05, 4.69) is 24.4 Å². The smallest absolute Gasteiger partial charge is 0.0758 e. The summed E-state index contributed by atoms with van der Waals surface area (Å²) in [5.74, 6) is 0.748. The number of rotatable bonds is 6. The number of aliphatic hydroxyl groups is 1. The summed E-state index contributed by atoms with van der Waals surface area (Å²) in [6, 6.07) is 8.26. The quantitative estimate of drug-likeness (QED) is 0.727. The van der Waals surface area contributed by atoms with E-state index in [1.807, 2.05) is 19.1 Å². The number of nitrogens with one attached hydrogen (secondary N) is 1. The van der Waals surface area contributed by atoms with Gasteiger partial charge in [-0.25, -0.2) is 0 Å². The third kappa shape index (κ3) is 4.69. The highest BCUT2D eigenvalue weighted by atomic mass is 32.2. The van der Waals surface area contributed by atoms with Crippen LogP contribution in [-0.2, 0) is 0 Å². The fourth-order valence-corrected chi connectivity index (χ4v) is 2.23. The molecule has 0 saturated heterocycles. The molecule has 0 heterocycles. The summed E-state index contributed by atoms with van der Waals surface area (Å²) in [7, 11) is 0. The number of aryl methyl sites for hydroxylation is 1. The molecule has 0 fully saturated rings. The zero-order valence-electron chi connectivity index (χ0n) is 9.36. The molecule has 1 aromatic carbocycles. The van der Waals surface area contributed by atoms with Gasteiger partial charge in [0.1, 0.15) is 0 Å². The predicted octanol–water partition coefficient (Wildman–Crippen LogP) is 2.06. The van der Waals surface area contributed by atoms with Crippen LogP contribution < -0.4 is 5.32 Å². The molecule has 0 spiro atoms. The topological polar surface area (TPSA) is 32.3 Å². The van der Waals surface area contributed by atoms with Crippen LogP contribution in [0.2, 0.25) is 0 Å². The van der Waals surface area contributed by atoms with Crippen LogP contribution in [0.25, 0.3) is 0 Å². The van der Waals surface area contributed by atoms with Crippen molar-refractivity contribution in [3.63, 3.8) is 0 Å². The third-order valence-electron chi connectivity index (χ3n) is 2.15. The molecule has 0 bridgehead atoms. The molecule has 15 heavy (non-hydrogen) atoms. The Balaban J connectivity index is 2.33. The third-order valence-corrected chi connectivity index (χ3v) is 3.48. The maximum Gasteiger partial charge on any atom is 0.0758 e. The van der Waals surface area contributed by atoms with E-state index in [0.717, 1.165) is 12.3 Å². The number of hydrogen-bond donors (Lipinski definition) is 2. The normalized spacial score (nSPS) is 12.7. The van der Waals surface area contributed by atoms with Crippen molar-refractivity contribution < 1.29 is 5.11 Å². The Morgan fingerprint density at radius 2 is 2.13 bits per heavy atom. The van der Waals surface area contributed by atoms with Gasteiger partial charge in [0.25, 0.3) is 0 Å². The van der Waals surface area contributed by atoms with Crippen molar-refractivity contribution in [1.29, 1.82) is 0 Å². The van der Waals surface area contributed by atoms with Gasteiger partial charge in [0.05, 0.1) is 6.10 Å². The van der Waals surface area contributed by atoms with Crippen molar-refractivity contribution >= 4 is 11.8 Å². The lowest BCUT2D eigenvalue weighted by atomic mass is 10.2. The molecule has 0 aliphatic carbocycles. The minimum absolute atomic E-state index is 0.269. The molecule has 0 aliphatic rings. The molecule has 1 aromatic rings. The van der Waals surface area contributed by atoms with E-state index in [0.29, 0.717) is 6.54 Å². The Labute approximate surface area is 96.1 Å². The Morgan fingerprint density at radius 3 is 2.80 bits per heavy atom. The second-order valence-corrected chi connectivity index (χ2v) is 4.60. The zero-order valence-corrected chi connectivity index (χ0v) is 10.2. The summed E-state index contributed by atoms with van der Waals surface area (Å²) in [6.45, 7) is 5.72. The lowest BCUT2D eigenvalue weighted by Gasteiger charge is -2.11. The molecule has 0 saturated carbocycles. The monoisotopic (exact) mass is 225 g/mol. The van der Waals surface area contributed by atoms with Gasteiger partial charge in [-0.2, -0.15) is 0 Å². The highest BCUT2D eigenvalue weighted by molar-refractivity contribution is 7.99. The van der Waals surface area contributed by atoms with Gasteiger partial charge in [-0.1, -0.05) is 25.1 Å². The first-order valence-corrected chi connectivity index (χ1v) is 6.29. The molecular formula is C12H19NOS. The van der Waals surface area contributed by atoms with Crippen molar-refractivity contribution in [3.05, 3.63) is 29.8 Å². The van der Waals surface area contributed by atoms with E-state index in [1.54, 1.807) is 11.8 Å². The molecule has 2 nitrogen and oxygen atoms in total. The highest BCUT2D eigenvalue weighted by Crippen LogP contribution is 2.22. The summed E-state index contributed by atoms with van der Waals surface area (Å²) in [4.78, 5) is 1.26. The molecule has 3 heteroatoms. The molecule has 0 aromatic heterocycles. The van der Waals surface area contributed by atoms with Gasteiger partial charge in [0, 0.05) is 17.2 Å². The predicted molar refractivity (Wildman–Crippen MR) is 66.5 cm³/mol. The summed E-state index contributed by atoms with van der Waals surface area (Å²) in [5, 5.41) is 12.8. The van der Waals surface area contributed by atoms with Crippen molar-refractivity contribution in [2.45, 2.75) is 24.8 Å². The van der Waals surface area contributed by atoms with Crippen molar-refractivity contribution in [2.75, 3.05) is 18.8 Å². The number of thioether (sulfide) groups is 1. The average molecular weight is 225 g/mol. The zero-order chi connectivity index (χ0) is 11.1. The molecule has 0 aliphatic heterocycles. The maximum atomic E-state index is 9.65.